The van der Waals surface area contributed by atoms with Crippen molar-refractivity contribution in [3.05, 3.63) is 27.6 Å². The number of Topliss-reactive ketones (excluding diaryl/α,β-unsaturated/α-hetero) is 1. The minimum absolute atomic E-state index is 0.0241. The Morgan fingerprint density at radius 1 is 1.38 bits per heavy atom. The molecule has 0 heterocycles. The summed E-state index contributed by atoms with van der Waals surface area (Å²) in [6, 6.07) is 4.12. The Hall–Kier alpha value is -0.980. The van der Waals surface area contributed by atoms with Crippen LogP contribution in [0.1, 0.15) is 19.8 Å². The Labute approximate surface area is 107 Å². The molecule has 1 amide bonds. The first-order valence-corrected chi connectivity index (χ1v) is 5.81. The lowest BCUT2D eigenvalue weighted by atomic mass is 10.2. The quantitative estimate of drug-likeness (QED) is 0.860. The van der Waals surface area contributed by atoms with Crippen molar-refractivity contribution in [1.29, 1.82) is 0 Å². The summed E-state index contributed by atoms with van der Waals surface area (Å²) in [6.07, 6.45) is 0.381. The van der Waals surface area contributed by atoms with Gasteiger partial charge < -0.3 is 10.1 Å². The normalized spacial score (nSPS) is 9.94. The van der Waals surface area contributed by atoms with Gasteiger partial charge in [-0.2, -0.15) is 0 Å². The van der Waals surface area contributed by atoms with Crippen LogP contribution in [0.25, 0.3) is 0 Å². The SMILES string of the molecule is CC(=O)CCC(=O)Nc1ccc(F)cc1I. The summed E-state index contributed by atoms with van der Waals surface area (Å²) in [5, 5.41) is 2.63. The molecule has 1 rings (SSSR count). The molecule has 0 saturated carbocycles. The number of hydrogen-bond acceptors (Lipinski definition) is 2. The molecule has 0 radical (unpaired) electrons. The van der Waals surface area contributed by atoms with Gasteiger partial charge in [-0.05, 0) is 47.7 Å². The maximum absolute atomic E-state index is 12.8. The lowest BCUT2D eigenvalue weighted by molar-refractivity contribution is -0.121. The lowest BCUT2D eigenvalue weighted by Crippen LogP contribution is -2.13. The summed E-state index contributed by atoms with van der Waals surface area (Å²) < 4.78 is 13.4. The fourth-order valence-corrected chi connectivity index (χ4v) is 1.71. The van der Waals surface area contributed by atoms with E-state index >= 15 is 0 Å². The summed E-state index contributed by atoms with van der Waals surface area (Å²) in [4.78, 5) is 22.1. The molecule has 3 nitrogen and oxygen atoms in total. The molecule has 5 heteroatoms. The van der Waals surface area contributed by atoms with Crippen LogP contribution in [-0.2, 0) is 9.59 Å². The number of benzene rings is 1. The largest absolute Gasteiger partial charge is 0.325 e. The molecule has 1 aromatic rings. The van der Waals surface area contributed by atoms with Crippen molar-refractivity contribution in [2.24, 2.45) is 0 Å². The maximum atomic E-state index is 12.8. The van der Waals surface area contributed by atoms with Gasteiger partial charge >= 0.3 is 0 Å². The van der Waals surface area contributed by atoms with Crippen molar-refractivity contribution in [1.82, 2.24) is 0 Å². The molecule has 86 valence electrons. The summed E-state index contributed by atoms with van der Waals surface area (Å²) >= 11 is 1.94. The number of ketones is 1. The number of carbonyl (C=O) groups excluding carboxylic acids is 2. The molecular weight excluding hydrogens is 324 g/mol. The highest BCUT2D eigenvalue weighted by atomic mass is 127. The van der Waals surface area contributed by atoms with E-state index in [2.05, 4.69) is 5.32 Å². The van der Waals surface area contributed by atoms with Crippen molar-refractivity contribution in [3.8, 4) is 0 Å². The molecule has 1 aromatic carbocycles. The average Bonchev–Trinajstić information content (AvgIpc) is 2.19. The first-order valence-electron chi connectivity index (χ1n) is 4.73. The predicted octanol–water partition coefficient (Wildman–Crippen LogP) is 2.74. The van der Waals surface area contributed by atoms with Crippen LogP contribution in [0, 0.1) is 9.39 Å². The number of rotatable bonds is 4. The predicted molar refractivity (Wildman–Crippen MR) is 67.7 cm³/mol. The highest BCUT2D eigenvalue weighted by Gasteiger charge is 2.07. The van der Waals surface area contributed by atoms with Gasteiger partial charge in [0.1, 0.15) is 11.6 Å². The molecule has 0 saturated heterocycles. The van der Waals surface area contributed by atoms with E-state index in [0.29, 0.717) is 9.26 Å². The highest BCUT2D eigenvalue weighted by Crippen LogP contribution is 2.19. The summed E-state index contributed by atoms with van der Waals surface area (Å²) in [7, 11) is 0. The van der Waals surface area contributed by atoms with Gasteiger partial charge in [0.05, 0.1) is 5.69 Å². The number of amides is 1. The fourth-order valence-electron chi connectivity index (χ4n) is 1.09. The standard InChI is InChI=1S/C11H11FINO2/c1-7(15)2-5-11(16)14-10-4-3-8(12)6-9(10)13/h3-4,6H,2,5H2,1H3,(H,14,16). The lowest BCUT2D eigenvalue weighted by Gasteiger charge is -2.06. The molecule has 0 bridgehead atoms. The second-order valence-corrected chi connectivity index (χ2v) is 4.54. The Bertz CT molecular complexity index is 420. The zero-order valence-electron chi connectivity index (χ0n) is 8.72. The van der Waals surface area contributed by atoms with Crippen LogP contribution >= 0.6 is 22.6 Å². The molecule has 0 aliphatic carbocycles. The third kappa shape index (κ3) is 4.26. The van der Waals surface area contributed by atoms with Gasteiger partial charge in [0.25, 0.3) is 0 Å². The monoisotopic (exact) mass is 335 g/mol. The molecule has 0 aliphatic rings. The minimum Gasteiger partial charge on any atom is -0.325 e. The molecule has 0 spiro atoms. The minimum atomic E-state index is -0.342. The number of nitrogens with one attached hydrogen (secondary N) is 1. The zero-order chi connectivity index (χ0) is 12.1. The molecular formula is C11H11FINO2. The Morgan fingerprint density at radius 2 is 2.06 bits per heavy atom. The van der Waals surface area contributed by atoms with Crippen LogP contribution in [0.3, 0.4) is 0 Å². The van der Waals surface area contributed by atoms with Crippen LogP contribution in [0.2, 0.25) is 0 Å². The second kappa shape index (κ2) is 5.93. The van der Waals surface area contributed by atoms with Gasteiger partial charge in [-0.3, -0.25) is 4.79 Å². The molecule has 0 fully saturated rings. The Kier molecular flexibility index (Phi) is 4.85. The van der Waals surface area contributed by atoms with Crippen LogP contribution in [0.5, 0.6) is 0 Å². The molecule has 0 aromatic heterocycles. The Balaban J connectivity index is 2.59. The van der Waals surface area contributed by atoms with Gasteiger partial charge in [0.15, 0.2) is 0 Å². The first-order chi connectivity index (χ1) is 7.49. The van der Waals surface area contributed by atoms with Crippen molar-refractivity contribution in [3.63, 3.8) is 0 Å². The Morgan fingerprint density at radius 3 is 2.62 bits per heavy atom. The van der Waals surface area contributed by atoms with Crippen molar-refractivity contribution >= 4 is 40.0 Å². The number of halogens is 2. The van der Waals surface area contributed by atoms with Gasteiger partial charge in [0, 0.05) is 16.4 Å². The number of hydrogen-bond donors (Lipinski definition) is 1. The van der Waals surface area contributed by atoms with E-state index in [1.54, 1.807) is 0 Å². The van der Waals surface area contributed by atoms with Crippen molar-refractivity contribution in [2.45, 2.75) is 19.8 Å². The highest BCUT2D eigenvalue weighted by molar-refractivity contribution is 14.1. The zero-order valence-corrected chi connectivity index (χ0v) is 10.9. The third-order valence-electron chi connectivity index (χ3n) is 1.91. The number of carbonyl (C=O) groups is 2. The summed E-state index contributed by atoms with van der Waals surface area (Å²) in [5.41, 5.74) is 0.565. The molecule has 0 aliphatic heterocycles. The van der Waals surface area contributed by atoms with Crippen molar-refractivity contribution < 1.29 is 14.0 Å². The van der Waals surface area contributed by atoms with E-state index in [1.165, 1.54) is 25.1 Å². The maximum Gasteiger partial charge on any atom is 0.224 e. The van der Waals surface area contributed by atoms with E-state index in [0.717, 1.165) is 0 Å². The van der Waals surface area contributed by atoms with E-state index in [4.69, 9.17) is 0 Å². The molecule has 1 N–H and O–H groups in total. The van der Waals surface area contributed by atoms with Gasteiger partial charge in [-0.15, -0.1) is 0 Å². The van der Waals surface area contributed by atoms with E-state index < -0.39 is 0 Å². The molecule has 0 atom stereocenters. The topological polar surface area (TPSA) is 46.2 Å². The number of anilines is 1. The van der Waals surface area contributed by atoms with E-state index in [-0.39, 0.29) is 30.3 Å². The summed E-state index contributed by atoms with van der Waals surface area (Å²) in [5.74, 6) is -0.602. The van der Waals surface area contributed by atoms with E-state index in [9.17, 15) is 14.0 Å². The van der Waals surface area contributed by atoms with Gasteiger partial charge in [-0.25, -0.2) is 4.39 Å². The van der Waals surface area contributed by atoms with Gasteiger partial charge in [-0.1, -0.05) is 0 Å². The van der Waals surface area contributed by atoms with Crippen molar-refractivity contribution in [2.75, 3.05) is 5.32 Å². The van der Waals surface area contributed by atoms with Crippen LogP contribution < -0.4 is 5.32 Å². The van der Waals surface area contributed by atoms with Crippen LogP contribution in [0.15, 0.2) is 18.2 Å². The first kappa shape index (κ1) is 13.1. The van der Waals surface area contributed by atoms with Gasteiger partial charge in [0.2, 0.25) is 5.91 Å². The molecule has 16 heavy (non-hydrogen) atoms. The van der Waals surface area contributed by atoms with Crippen LogP contribution in [0.4, 0.5) is 10.1 Å². The smallest absolute Gasteiger partial charge is 0.224 e. The third-order valence-corrected chi connectivity index (χ3v) is 2.80. The van der Waals surface area contributed by atoms with E-state index in [1.807, 2.05) is 22.6 Å². The fraction of sp³-hybridized carbons (Fsp3) is 0.273. The summed E-state index contributed by atoms with van der Waals surface area (Å²) in [6.45, 7) is 1.44. The van der Waals surface area contributed by atoms with Crippen LogP contribution in [-0.4, -0.2) is 11.7 Å². The second-order valence-electron chi connectivity index (χ2n) is 3.37. The average molecular weight is 335 g/mol. The molecule has 0 unspecified atom stereocenters.